The molecule has 108 valence electrons. The van der Waals surface area contributed by atoms with E-state index in [-0.39, 0.29) is 18.4 Å². The maximum absolute atomic E-state index is 12.2. The van der Waals surface area contributed by atoms with Crippen LogP contribution >= 0.6 is 11.3 Å². The Bertz CT molecular complexity index is 372. The van der Waals surface area contributed by atoms with E-state index >= 15 is 0 Å². The van der Waals surface area contributed by atoms with Gasteiger partial charge in [0.25, 0.3) is 0 Å². The second-order valence-corrected chi connectivity index (χ2v) is 6.17. The van der Waals surface area contributed by atoms with Crippen LogP contribution in [0.5, 0.6) is 0 Å². The normalized spacial score (nSPS) is 15.8. The van der Waals surface area contributed by atoms with Gasteiger partial charge < -0.3 is 15.2 Å². The lowest BCUT2D eigenvalue weighted by Gasteiger charge is -2.30. The summed E-state index contributed by atoms with van der Waals surface area (Å²) >= 11 is 1.66. The molecule has 2 unspecified atom stereocenters. The first kappa shape index (κ1) is 16.1. The van der Waals surface area contributed by atoms with Crippen molar-refractivity contribution in [3.8, 4) is 0 Å². The minimum absolute atomic E-state index is 0.00130. The van der Waals surface area contributed by atoms with Crippen molar-refractivity contribution in [3.63, 3.8) is 0 Å². The van der Waals surface area contributed by atoms with Crippen LogP contribution in [0.15, 0.2) is 17.5 Å². The van der Waals surface area contributed by atoms with Crippen molar-refractivity contribution < 1.29 is 14.6 Å². The minimum Gasteiger partial charge on any atom is -0.396 e. The molecule has 1 heterocycles. The van der Waals surface area contributed by atoms with Gasteiger partial charge in [-0.2, -0.15) is 0 Å². The zero-order valence-electron chi connectivity index (χ0n) is 11.8. The van der Waals surface area contributed by atoms with E-state index in [1.54, 1.807) is 18.4 Å². The standard InChI is InChI=1S/C14H23NO3S/c1-11(9-12-5-4-8-19-12)13(17)15-14(2,6-7-16)10-18-3/h4-5,8,11,16H,6-7,9-10H2,1-3H3,(H,15,17). The molecule has 0 bridgehead atoms. The highest BCUT2D eigenvalue weighted by molar-refractivity contribution is 7.09. The Kier molecular flexibility index (Phi) is 6.48. The van der Waals surface area contributed by atoms with Crippen LogP contribution in [-0.4, -0.2) is 36.9 Å². The van der Waals surface area contributed by atoms with Crippen molar-refractivity contribution in [2.75, 3.05) is 20.3 Å². The van der Waals surface area contributed by atoms with Gasteiger partial charge in [-0.3, -0.25) is 4.79 Å². The van der Waals surface area contributed by atoms with Crippen molar-refractivity contribution >= 4 is 17.2 Å². The molecule has 0 aliphatic carbocycles. The van der Waals surface area contributed by atoms with E-state index in [4.69, 9.17) is 9.84 Å². The van der Waals surface area contributed by atoms with Crippen LogP contribution < -0.4 is 5.32 Å². The lowest BCUT2D eigenvalue weighted by Crippen LogP contribution is -2.51. The Morgan fingerprint density at radius 1 is 1.63 bits per heavy atom. The molecule has 0 aliphatic rings. The quantitative estimate of drug-likeness (QED) is 0.766. The molecule has 0 aliphatic heterocycles. The number of hydrogen-bond acceptors (Lipinski definition) is 4. The van der Waals surface area contributed by atoms with Gasteiger partial charge in [-0.1, -0.05) is 13.0 Å². The number of aliphatic hydroxyl groups is 1. The van der Waals surface area contributed by atoms with Gasteiger partial charge in [0.05, 0.1) is 12.1 Å². The van der Waals surface area contributed by atoms with Crippen LogP contribution in [0, 0.1) is 5.92 Å². The third kappa shape index (κ3) is 5.30. The van der Waals surface area contributed by atoms with Crippen LogP contribution in [-0.2, 0) is 16.0 Å². The molecule has 1 aromatic heterocycles. The van der Waals surface area contributed by atoms with Crippen molar-refractivity contribution in [1.82, 2.24) is 5.32 Å². The molecule has 0 fully saturated rings. The van der Waals surface area contributed by atoms with E-state index in [2.05, 4.69) is 5.32 Å². The summed E-state index contributed by atoms with van der Waals surface area (Å²) in [4.78, 5) is 13.4. The van der Waals surface area contributed by atoms with E-state index in [1.807, 2.05) is 31.4 Å². The Labute approximate surface area is 118 Å². The third-order valence-electron chi connectivity index (χ3n) is 3.09. The molecule has 1 rings (SSSR count). The van der Waals surface area contributed by atoms with Crippen LogP contribution in [0.1, 0.15) is 25.1 Å². The fourth-order valence-electron chi connectivity index (χ4n) is 1.98. The maximum Gasteiger partial charge on any atom is 0.223 e. The zero-order chi connectivity index (χ0) is 14.3. The van der Waals surface area contributed by atoms with Gasteiger partial charge in [0, 0.05) is 24.5 Å². The van der Waals surface area contributed by atoms with Crippen LogP contribution in [0.25, 0.3) is 0 Å². The molecule has 19 heavy (non-hydrogen) atoms. The third-order valence-corrected chi connectivity index (χ3v) is 3.99. The summed E-state index contributed by atoms with van der Waals surface area (Å²) in [6.07, 6.45) is 1.23. The number of hydrogen-bond donors (Lipinski definition) is 2. The Balaban J connectivity index is 2.55. The Morgan fingerprint density at radius 2 is 2.37 bits per heavy atom. The average Bonchev–Trinajstić information content (AvgIpc) is 2.82. The Hall–Kier alpha value is -0.910. The predicted octanol–water partition coefficient (Wildman–Crippen LogP) is 1.83. The summed E-state index contributed by atoms with van der Waals surface area (Å²) in [6, 6.07) is 4.03. The van der Waals surface area contributed by atoms with Gasteiger partial charge in [-0.05, 0) is 31.2 Å². The molecule has 2 N–H and O–H groups in total. The van der Waals surface area contributed by atoms with Crippen molar-refractivity contribution in [2.45, 2.75) is 32.2 Å². The molecular formula is C14H23NO3S. The summed E-state index contributed by atoms with van der Waals surface area (Å²) in [5.74, 6) is -0.0880. The molecule has 2 atom stereocenters. The first-order valence-electron chi connectivity index (χ1n) is 6.45. The molecule has 0 saturated carbocycles. The van der Waals surface area contributed by atoms with E-state index in [0.717, 1.165) is 6.42 Å². The summed E-state index contributed by atoms with van der Waals surface area (Å²) < 4.78 is 5.12. The molecule has 0 aromatic carbocycles. The fraction of sp³-hybridized carbons (Fsp3) is 0.643. The van der Waals surface area contributed by atoms with E-state index < -0.39 is 5.54 Å². The average molecular weight is 285 g/mol. The van der Waals surface area contributed by atoms with Crippen LogP contribution in [0.3, 0.4) is 0 Å². The molecular weight excluding hydrogens is 262 g/mol. The van der Waals surface area contributed by atoms with Crippen molar-refractivity contribution in [3.05, 3.63) is 22.4 Å². The van der Waals surface area contributed by atoms with Gasteiger partial charge in [0.15, 0.2) is 0 Å². The van der Waals surface area contributed by atoms with Gasteiger partial charge >= 0.3 is 0 Å². The molecule has 4 nitrogen and oxygen atoms in total. The van der Waals surface area contributed by atoms with E-state index in [1.165, 1.54) is 4.88 Å². The predicted molar refractivity (Wildman–Crippen MR) is 77.3 cm³/mol. The largest absolute Gasteiger partial charge is 0.396 e. The van der Waals surface area contributed by atoms with Gasteiger partial charge in [-0.15, -0.1) is 11.3 Å². The number of aliphatic hydroxyl groups excluding tert-OH is 1. The minimum atomic E-state index is -0.510. The highest BCUT2D eigenvalue weighted by atomic mass is 32.1. The molecule has 0 radical (unpaired) electrons. The topological polar surface area (TPSA) is 58.6 Å². The van der Waals surface area contributed by atoms with Crippen molar-refractivity contribution in [1.29, 1.82) is 0 Å². The second kappa shape index (κ2) is 7.62. The first-order chi connectivity index (χ1) is 9.00. The number of carbonyl (C=O) groups excluding carboxylic acids is 1. The summed E-state index contributed by atoms with van der Waals surface area (Å²) in [5, 5.41) is 14.1. The maximum atomic E-state index is 12.2. The Morgan fingerprint density at radius 3 is 2.89 bits per heavy atom. The number of rotatable bonds is 8. The van der Waals surface area contributed by atoms with Gasteiger partial charge in [-0.25, -0.2) is 0 Å². The van der Waals surface area contributed by atoms with Crippen LogP contribution in [0.4, 0.5) is 0 Å². The molecule has 1 aromatic rings. The number of carbonyl (C=O) groups is 1. The van der Waals surface area contributed by atoms with Crippen molar-refractivity contribution in [2.24, 2.45) is 5.92 Å². The van der Waals surface area contributed by atoms with Crippen LogP contribution in [0.2, 0.25) is 0 Å². The zero-order valence-corrected chi connectivity index (χ0v) is 12.6. The molecule has 5 heteroatoms. The fourth-order valence-corrected chi connectivity index (χ4v) is 2.82. The second-order valence-electron chi connectivity index (χ2n) is 5.14. The number of nitrogens with one attached hydrogen (secondary N) is 1. The summed E-state index contributed by atoms with van der Waals surface area (Å²) in [6.45, 7) is 4.23. The van der Waals surface area contributed by atoms with Gasteiger partial charge in [0.2, 0.25) is 5.91 Å². The van der Waals surface area contributed by atoms with Gasteiger partial charge in [0.1, 0.15) is 0 Å². The SMILES string of the molecule is COCC(C)(CCO)NC(=O)C(C)Cc1cccs1. The lowest BCUT2D eigenvalue weighted by molar-refractivity contribution is -0.127. The first-order valence-corrected chi connectivity index (χ1v) is 7.33. The van der Waals surface area contributed by atoms with E-state index in [9.17, 15) is 4.79 Å². The molecule has 1 amide bonds. The monoisotopic (exact) mass is 285 g/mol. The highest BCUT2D eigenvalue weighted by Gasteiger charge is 2.28. The summed E-state index contributed by atoms with van der Waals surface area (Å²) in [7, 11) is 1.59. The number of thiophene rings is 1. The smallest absolute Gasteiger partial charge is 0.223 e. The number of amides is 1. The highest BCUT2D eigenvalue weighted by Crippen LogP contribution is 2.16. The number of methoxy groups -OCH3 is 1. The number of ether oxygens (including phenoxy) is 1. The lowest BCUT2D eigenvalue weighted by atomic mass is 9.97. The summed E-state index contributed by atoms with van der Waals surface area (Å²) in [5.41, 5.74) is -0.510. The van der Waals surface area contributed by atoms with E-state index in [0.29, 0.717) is 13.0 Å². The molecule has 0 saturated heterocycles. The molecule has 0 spiro atoms.